The summed E-state index contributed by atoms with van der Waals surface area (Å²) in [7, 11) is -3.23. The number of hydrogen-bond acceptors (Lipinski definition) is 3. The normalized spacial score (nSPS) is 17.6. The second kappa shape index (κ2) is 6.64. The molecule has 1 aliphatic rings. The number of rotatable bonds is 5. The van der Waals surface area contributed by atoms with E-state index in [2.05, 4.69) is 0 Å². The SMILES string of the molecule is O=S(=O)(Cc1ccccc1)N1CC[NH+](Cc2ccco2)CC1. The van der Waals surface area contributed by atoms with Gasteiger partial charge in [-0.1, -0.05) is 30.3 Å². The first-order chi connectivity index (χ1) is 10.6. The lowest BCUT2D eigenvalue weighted by Gasteiger charge is -2.31. The van der Waals surface area contributed by atoms with Crippen molar-refractivity contribution in [2.75, 3.05) is 26.2 Å². The van der Waals surface area contributed by atoms with Crippen molar-refractivity contribution in [3.63, 3.8) is 0 Å². The molecule has 0 spiro atoms. The number of nitrogens with zero attached hydrogens (tertiary/aromatic N) is 1. The fourth-order valence-electron chi connectivity index (χ4n) is 2.79. The van der Waals surface area contributed by atoms with Crippen LogP contribution in [0.1, 0.15) is 11.3 Å². The summed E-state index contributed by atoms with van der Waals surface area (Å²) in [6.45, 7) is 3.60. The van der Waals surface area contributed by atoms with E-state index in [9.17, 15) is 8.42 Å². The summed E-state index contributed by atoms with van der Waals surface area (Å²) in [4.78, 5) is 1.36. The molecule has 0 saturated carbocycles. The third-order valence-corrected chi connectivity index (χ3v) is 5.87. The van der Waals surface area contributed by atoms with Crippen molar-refractivity contribution < 1.29 is 17.7 Å². The Kier molecular flexibility index (Phi) is 4.61. The third-order valence-electron chi connectivity index (χ3n) is 4.02. The summed E-state index contributed by atoms with van der Waals surface area (Å²) in [6, 6.07) is 13.2. The number of benzene rings is 1. The van der Waals surface area contributed by atoms with Crippen LogP contribution >= 0.6 is 0 Å². The van der Waals surface area contributed by atoms with E-state index in [1.54, 1.807) is 10.6 Å². The fraction of sp³-hybridized carbons (Fsp3) is 0.375. The Balaban J connectivity index is 1.56. The van der Waals surface area contributed by atoms with Crippen LogP contribution in [0.5, 0.6) is 0 Å². The summed E-state index contributed by atoms with van der Waals surface area (Å²) < 4.78 is 31.9. The van der Waals surface area contributed by atoms with Crippen LogP contribution < -0.4 is 4.90 Å². The first-order valence-electron chi connectivity index (χ1n) is 7.51. The topological polar surface area (TPSA) is 55.0 Å². The Labute approximate surface area is 131 Å². The van der Waals surface area contributed by atoms with Gasteiger partial charge in [-0.15, -0.1) is 0 Å². The zero-order valence-corrected chi connectivity index (χ0v) is 13.3. The summed E-state index contributed by atoms with van der Waals surface area (Å²) in [5.74, 6) is 1.04. The van der Waals surface area contributed by atoms with Gasteiger partial charge in [0.05, 0.1) is 38.2 Å². The number of piperazine rings is 1. The minimum Gasteiger partial charge on any atom is -0.463 e. The zero-order valence-electron chi connectivity index (χ0n) is 12.4. The van der Waals surface area contributed by atoms with Gasteiger partial charge in [-0.25, -0.2) is 8.42 Å². The molecule has 0 amide bonds. The van der Waals surface area contributed by atoms with Crippen molar-refractivity contribution in [2.24, 2.45) is 0 Å². The van der Waals surface area contributed by atoms with Gasteiger partial charge in [0.25, 0.3) is 0 Å². The molecule has 0 radical (unpaired) electrons. The molecule has 3 rings (SSSR count). The van der Waals surface area contributed by atoms with E-state index in [1.165, 1.54) is 4.90 Å². The molecular formula is C16H21N2O3S+. The maximum atomic E-state index is 12.5. The minimum atomic E-state index is -3.23. The monoisotopic (exact) mass is 321 g/mol. The highest BCUT2D eigenvalue weighted by Crippen LogP contribution is 2.10. The number of furan rings is 1. The number of hydrogen-bond donors (Lipinski definition) is 1. The van der Waals surface area contributed by atoms with E-state index in [4.69, 9.17) is 4.42 Å². The first-order valence-corrected chi connectivity index (χ1v) is 9.12. The predicted octanol–water partition coefficient (Wildman–Crippen LogP) is 0.510. The molecule has 118 valence electrons. The van der Waals surface area contributed by atoms with Gasteiger partial charge in [0.15, 0.2) is 5.76 Å². The molecule has 0 aliphatic carbocycles. The standard InChI is InChI=1S/C16H20N2O3S/c19-22(20,14-15-5-2-1-3-6-15)18-10-8-17(9-11-18)13-16-7-4-12-21-16/h1-7,12H,8-11,13-14H2/p+1. The average molecular weight is 321 g/mol. The zero-order chi connectivity index (χ0) is 15.4. The molecule has 0 atom stereocenters. The quantitative estimate of drug-likeness (QED) is 0.873. The Morgan fingerprint density at radius 1 is 1.05 bits per heavy atom. The lowest BCUT2D eigenvalue weighted by molar-refractivity contribution is -0.918. The number of nitrogens with one attached hydrogen (secondary N) is 1. The molecule has 1 N–H and O–H groups in total. The van der Waals surface area contributed by atoms with Gasteiger partial charge < -0.3 is 9.32 Å². The van der Waals surface area contributed by atoms with Crippen molar-refractivity contribution in [1.82, 2.24) is 4.31 Å². The van der Waals surface area contributed by atoms with Gasteiger partial charge in [0, 0.05) is 0 Å². The highest BCUT2D eigenvalue weighted by molar-refractivity contribution is 7.88. The molecule has 6 heteroatoms. The van der Waals surface area contributed by atoms with Crippen molar-refractivity contribution >= 4 is 10.0 Å². The van der Waals surface area contributed by atoms with Gasteiger partial charge in [-0.2, -0.15) is 4.31 Å². The minimum absolute atomic E-state index is 0.0847. The van der Waals surface area contributed by atoms with Gasteiger partial charge in [0.1, 0.15) is 6.54 Å². The van der Waals surface area contributed by atoms with Crippen molar-refractivity contribution in [1.29, 1.82) is 0 Å². The van der Waals surface area contributed by atoms with Crippen LogP contribution in [0.25, 0.3) is 0 Å². The Morgan fingerprint density at radius 3 is 2.41 bits per heavy atom. The molecule has 5 nitrogen and oxygen atoms in total. The third kappa shape index (κ3) is 3.76. The fourth-order valence-corrected chi connectivity index (χ4v) is 4.33. The summed E-state index contributed by atoms with van der Waals surface area (Å²) in [5.41, 5.74) is 0.841. The van der Waals surface area contributed by atoms with E-state index >= 15 is 0 Å². The maximum Gasteiger partial charge on any atom is 0.218 e. The van der Waals surface area contributed by atoms with Gasteiger partial charge in [-0.3, -0.25) is 0 Å². The molecule has 0 unspecified atom stereocenters. The molecule has 2 aromatic rings. The van der Waals surface area contributed by atoms with E-state index in [1.807, 2.05) is 42.5 Å². The molecule has 2 heterocycles. The van der Waals surface area contributed by atoms with Gasteiger partial charge in [0.2, 0.25) is 10.0 Å². The van der Waals surface area contributed by atoms with E-state index in [0.29, 0.717) is 13.1 Å². The van der Waals surface area contributed by atoms with Crippen LogP contribution in [0, 0.1) is 0 Å². The average Bonchev–Trinajstić information content (AvgIpc) is 3.01. The van der Waals surface area contributed by atoms with E-state index in [0.717, 1.165) is 31.0 Å². The number of sulfonamides is 1. The van der Waals surface area contributed by atoms with Crippen molar-refractivity contribution in [2.45, 2.75) is 12.3 Å². The molecule has 1 fully saturated rings. The van der Waals surface area contributed by atoms with Crippen molar-refractivity contribution in [3.05, 3.63) is 60.1 Å². The Morgan fingerprint density at radius 2 is 1.77 bits per heavy atom. The smallest absolute Gasteiger partial charge is 0.218 e. The van der Waals surface area contributed by atoms with Gasteiger partial charge >= 0.3 is 0 Å². The maximum absolute atomic E-state index is 12.5. The van der Waals surface area contributed by atoms with Crippen LogP contribution in [0.15, 0.2) is 53.1 Å². The van der Waals surface area contributed by atoms with Crippen LogP contribution in [0.4, 0.5) is 0 Å². The summed E-state index contributed by atoms with van der Waals surface area (Å²) in [5, 5.41) is 0. The lowest BCUT2D eigenvalue weighted by atomic mass is 10.2. The second-order valence-corrected chi connectivity index (χ2v) is 7.62. The molecule has 1 aromatic carbocycles. The lowest BCUT2D eigenvalue weighted by Crippen LogP contribution is -3.13. The highest BCUT2D eigenvalue weighted by atomic mass is 32.2. The van der Waals surface area contributed by atoms with Crippen LogP contribution in [-0.4, -0.2) is 38.9 Å². The van der Waals surface area contributed by atoms with Crippen LogP contribution in [-0.2, 0) is 22.3 Å². The molecular weight excluding hydrogens is 300 g/mol. The van der Waals surface area contributed by atoms with Gasteiger partial charge in [-0.05, 0) is 17.7 Å². The van der Waals surface area contributed by atoms with Crippen LogP contribution in [0.3, 0.4) is 0 Å². The van der Waals surface area contributed by atoms with Crippen LogP contribution in [0.2, 0.25) is 0 Å². The second-order valence-electron chi connectivity index (χ2n) is 5.65. The summed E-state index contributed by atoms with van der Waals surface area (Å²) in [6.07, 6.45) is 1.68. The molecule has 1 aliphatic heterocycles. The van der Waals surface area contributed by atoms with E-state index < -0.39 is 10.0 Å². The first kappa shape index (κ1) is 15.3. The largest absolute Gasteiger partial charge is 0.463 e. The van der Waals surface area contributed by atoms with E-state index in [-0.39, 0.29) is 5.75 Å². The number of quaternary nitrogens is 1. The molecule has 0 bridgehead atoms. The predicted molar refractivity (Wildman–Crippen MR) is 83.7 cm³/mol. The molecule has 22 heavy (non-hydrogen) atoms. The van der Waals surface area contributed by atoms with Crippen molar-refractivity contribution in [3.8, 4) is 0 Å². The molecule has 1 saturated heterocycles. The molecule has 1 aromatic heterocycles. The Hall–Kier alpha value is -1.63. The Bertz CT molecular complexity index is 675. The summed E-state index contributed by atoms with van der Waals surface area (Å²) >= 11 is 0. The highest BCUT2D eigenvalue weighted by Gasteiger charge is 2.29.